The summed E-state index contributed by atoms with van der Waals surface area (Å²) < 4.78 is 0. The molecule has 2 rings (SSSR count). The van der Waals surface area contributed by atoms with Crippen molar-refractivity contribution in [2.75, 3.05) is 0 Å². The van der Waals surface area contributed by atoms with Gasteiger partial charge in [-0.3, -0.25) is 0 Å². The molecule has 0 aromatic heterocycles. The first-order valence-corrected chi connectivity index (χ1v) is 6.54. The molecule has 0 bridgehead atoms. The second-order valence-corrected chi connectivity index (χ2v) is 3.89. The van der Waals surface area contributed by atoms with E-state index in [2.05, 4.69) is 55.6 Å². The van der Waals surface area contributed by atoms with Gasteiger partial charge in [0, 0.05) is 35.7 Å². The summed E-state index contributed by atoms with van der Waals surface area (Å²) in [6, 6.07) is 14.7. The number of fused-ring (bicyclic) bond motifs is 1. The minimum absolute atomic E-state index is 0. The average molecular weight is 266 g/mol. The molecule has 0 N–H and O–H groups in total. The number of hydrogen-bond donors (Lipinski definition) is 0. The Hall–Kier alpha value is -0.0700. The molecule has 0 aliphatic heterocycles. The Bertz CT molecular complexity index is 297. The largest absolute Gasteiger partial charge is 0.168 e. The van der Waals surface area contributed by atoms with Gasteiger partial charge < -0.3 is 0 Å². The third-order valence-electron chi connectivity index (χ3n) is 1.55. The molecule has 0 atom stereocenters. The van der Waals surface area contributed by atoms with Gasteiger partial charge in [-0.2, -0.15) is 17.5 Å². The van der Waals surface area contributed by atoms with E-state index in [0.717, 1.165) is 9.52 Å². The molecule has 0 nitrogen and oxygen atoms in total. The summed E-state index contributed by atoms with van der Waals surface area (Å²) in [5.41, 5.74) is 0. The van der Waals surface area contributed by atoms with Crippen LogP contribution in [0.25, 0.3) is 10.8 Å². The molecular weight excluding hydrogens is 251 g/mol. The van der Waals surface area contributed by atoms with Gasteiger partial charge in [0.25, 0.3) is 0 Å². The second-order valence-electron chi connectivity index (χ2n) is 2.73. The van der Waals surface area contributed by atoms with Crippen LogP contribution < -0.4 is 0 Å². The van der Waals surface area contributed by atoms with E-state index in [1.165, 1.54) is 10.8 Å². The normalized spacial score (nSPS) is 8.46. The van der Waals surface area contributed by atoms with Crippen molar-refractivity contribution >= 4 is 20.3 Å². The van der Waals surface area contributed by atoms with Crippen molar-refractivity contribution in [1.29, 1.82) is 0 Å². The van der Waals surface area contributed by atoms with Gasteiger partial charge in [0.05, 0.1) is 0 Å². The molecule has 0 spiro atoms. The van der Waals surface area contributed by atoms with Gasteiger partial charge in [-0.1, -0.05) is 19.2 Å². The summed E-state index contributed by atoms with van der Waals surface area (Å²) in [4.78, 5) is 0. The number of rotatable bonds is 0. The molecule has 0 unspecified atom stereocenters. The van der Waals surface area contributed by atoms with Crippen molar-refractivity contribution in [2.24, 2.45) is 0 Å². The van der Waals surface area contributed by atoms with E-state index in [9.17, 15) is 0 Å². The molecule has 2 heteroatoms. The minimum Gasteiger partial charge on any atom is -0.168 e. The monoisotopic (exact) mass is 264 g/mol. The maximum Gasteiger partial charge on any atom is 0.0213 e. The Morgan fingerprint density at radius 2 is 1.69 bits per heavy atom. The van der Waals surface area contributed by atoms with Gasteiger partial charge in [-0.15, -0.1) is 29.7 Å². The van der Waals surface area contributed by atoms with Crippen molar-refractivity contribution in [3.63, 3.8) is 0 Å². The van der Waals surface area contributed by atoms with Gasteiger partial charge in [0.2, 0.25) is 0 Å². The molecule has 0 heterocycles. The Kier molecular flexibility index (Phi) is 7.31. The van der Waals surface area contributed by atoms with E-state index in [1.807, 2.05) is 0 Å². The van der Waals surface area contributed by atoms with Gasteiger partial charge in [-0.05, 0) is 0 Å². The van der Waals surface area contributed by atoms with Crippen LogP contribution in [0.5, 0.6) is 0 Å². The minimum atomic E-state index is 0. The standard InChI is InChI=1S/C9H7.C2H7Si.Zr/c1-2-5-9-7-3-6-8(9)4-1;1-3-2;/h1-7H;3H,1-2H3;/q-1;;. The molecule has 13 heavy (non-hydrogen) atoms. The first-order valence-electron chi connectivity index (χ1n) is 4.23. The van der Waals surface area contributed by atoms with Crippen LogP contribution in [0, 0.1) is 0 Å². The predicted octanol–water partition coefficient (Wildman–Crippen LogP) is 3.08. The molecule has 0 aliphatic rings. The first kappa shape index (κ1) is 12.9. The topological polar surface area (TPSA) is 0 Å². The van der Waals surface area contributed by atoms with Crippen LogP contribution in [0.15, 0.2) is 42.5 Å². The van der Waals surface area contributed by atoms with Crippen molar-refractivity contribution in [2.45, 2.75) is 13.1 Å². The summed E-state index contributed by atoms with van der Waals surface area (Å²) in [7, 11) is 0.750. The summed E-state index contributed by atoms with van der Waals surface area (Å²) >= 11 is 0. The zero-order valence-electron chi connectivity index (χ0n) is 8.12. The molecular formula is C11H14SiZr-. The van der Waals surface area contributed by atoms with Crippen molar-refractivity contribution in [1.82, 2.24) is 0 Å². The fourth-order valence-electron chi connectivity index (χ4n) is 1.07. The molecule has 2 aromatic carbocycles. The molecule has 0 saturated carbocycles. The van der Waals surface area contributed by atoms with E-state index in [4.69, 9.17) is 0 Å². The number of benzene rings is 1. The first-order chi connectivity index (χ1) is 5.88. The third kappa shape index (κ3) is 4.10. The summed E-state index contributed by atoms with van der Waals surface area (Å²) in [6.45, 7) is 4.42. The van der Waals surface area contributed by atoms with Gasteiger partial charge in [0.1, 0.15) is 0 Å². The van der Waals surface area contributed by atoms with Crippen LogP contribution in [0.3, 0.4) is 0 Å². The summed E-state index contributed by atoms with van der Waals surface area (Å²) in [5, 5.41) is 2.66. The maximum atomic E-state index is 2.21. The summed E-state index contributed by atoms with van der Waals surface area (Å²) in [6.07, 6.45) is 0. The van der Waals surface area contributed by atoms with Crippen molar-refractivity contribution in [3.05, 3.63) is 42.5 Å². The molecule has 1 radical (unpaired) electrons. The molecule has 0 amide bonds. The number of hydrogen-bond acceptors (Lipinski definition) is 0. The molecule has 67 valence electrons. The van der Waals surface area contributed by atoms with E-state index in [0.29, 0.717) is 0 Å². The molecule has 0 saturated heterocycles. The van der Waals surface area contributed by atoms with Crippen LogP contribution in [0.4, 0.5) is 0 Å². The van der Waals surface area contributed by atoms with Crippen molar-refractivity contribution in [3.8, 4) is 0 Å². The average Bonchev–Trinajstić information content (AvgIpc) is 2.52. The molecule has 0 aliphatic carbocycles. The van der Waals surface area contributed by atoms with Gasteiger partial charge in [-0.25, -0.2) is 0 Å². The van der Waals surface area contributed by atoms with Crippen molar-refractivity contribution < 1.29 is 26.2 Å². The second kappa shape index (κ2) is 7.34. The third-order valence-corrected chi connectivity index (χ3v) is 1.55. The molecule has 0 fully saturated rings. The fraction of sp³-hybridized carbons (Fsp3) is 0.182. The Labute approximate surface area is 102 Å². The Morgan fingerprint density at radius 3 is 2.31 bits per heavy atom. The SMILES string of the molecule is C[SiH]C.[Zr].c1ccc2[cH-]ccc2c1. The predicted molar refractivity (Wildman–Crippen MR) is 58.4 cm³/mol. The molecule has 2 aromatic rings. The Balaban J connectivity index is 0.000000324. The van der Waals surface area contributed by atoms with Gasteiger partial charge in [0.15, 0.2) is 0 Å². The smallest absolute Gasteiger partial charge is 0.0213 e. The maximum absolute atomic E-state index is 2.21. The van der Waals surface area contributed by atoms with Crippen LogP contribution in [0.1, 0.15) is 0 Å². The van der Waals surface area contributed by atoms with E-state index in [-0.39, 0.29) is 26.2 Å². The van der Waals surface area contributed by atoms with E-state index in [1.54, 1.807) is 0 Å². The fourth-order valence-corrected chi connectivity index (χ4v) is 1.07. The zero-order valence-corrected chi connectivity index (χ0v) is 11.7. The van der Waals surface area contributed by atoms with Crippen LogP contribution in [-0.2, 0) is 26.2 Å². The van der Waals surface area contributed by atoms with Crippen LogP contribution in [-0.4, -0.2) is 9.52 Å². The van der Waals surface area contributed by atoms with E-state index >= 15 is 0 Å². The van der Waals surface area contributed by atoms with E-state index < -0.39 is 0 Å². The zero-order chi connectivity index (χ0) is 8.81. The Morgan fingerprint density at radius 1 is 1.08 bits per heavy atom. The quantitative estimate of drug-likeness (QED) is 0.507. The van der Waals surface area contributed by atoms with Crippen LogP contribution >= 0.6 is 0 Å². The van der Waals surface area contributed by atoms with Crippen LogP contribution in [0.2, 0.25) is 13.1 Å². The summed E-state index contributed by atoms with van der Waals surface area (Å²) in [5.74, 6) is 0. The van der Waals surface area contributed by atoms with Gasteiger partial charge >= 0.3 is 0 Å².